The third-order valence-electron chi connectivity index (χ3n) is 5.23. The summed E-state index contributed by atoms with van der Waals surface area (Å²) in [6.45, 7) is 7.10. The first-order chi connectivity index (χ1) is 14.8. The fourth-order valence-electron chi connectivity index (χ4n) is 3.68. The molecular formula is C25H29NO5. The minimum atomic E-state index is -0.693. The fourth-order valence-corrected chi connectivity index (χ4v) is 3.68. The number of rotatable bonds is 8. The molecule has 6 nitrogen and oxygen atoms in total. The maximum absolute atomic E-state index is 13.0. The van der Waals surface area contributed by atoms with Crippen molar-refractivity contribution in [3.63, 3.8) is 0 Å². The normalized spacial score (nSPS) is 18.1. The summed E-state index contributed by atoms with van der Waals surface area (Å²) in [4.78, 5) is 27.2. The third kappa shape index (κ3) is 4.80. The minimum absolute atomic E-state index is 0.0891. The summed E-state index contributed by atoms with van der Waals surface area (Å²) in [7, 11) is 1.54. The van der Waals surface area contributed by atoms with Gasteiger partial charge in [-0.15, -0.1) is 0 Å². The molecule has 1 atom stereocenters. The van der Waals surface area contributed by atoms with Crippen LogP contribution in [-0.2, 0) is 14.3 Å². The zero-order chi connectivity index (χ0) is 22.5. The molecule has 1 fully saturated rings. The lowest BCUT2D eigenvalue weighted by Gasteiger charge is -2.25. The highest BCUT2D eigenvalue weighted by Crippen LogP contribution is 2.39. The largest absolute Gasteiger partial charge is 0.507 e. The molecule has 0 radical (unpaired) electrons. The quantitative estimate of drug-likeness (QED) is 0.393. The van der Waals surface area contributed by atoms with E-state index in [0.717, 1.165) is 11.1 Å². The number of ketones is 1. The van der Waals surface area contributed by atoms with Gasteiger partial charge >= 0.3 is 0 Å². The number of hydrogen-bond acceptors (Lipinski definition) is 5. The third-order valence-corrected chi connectivity index (χ3v) is 5.23. The van der Waals surface area contributed by atoms with Crippen LogP contribution in [0.3, 0.4) is 0 Å². The molecular weight excluding hydrogens is 394 g/mol. The van der Waals surface area contributed by atoms with Crippen molar-refractivity contribution in [1.82, 2.24) is 4.90 Å². The van der Waals surface area contributed by atoms with Gasteiger partial charge in [0.2, 0.25) is 0 Å². The van der Waals surface area contributed by atoms with E-state index < -0.39 is 17.7 Å². The summed E-state index contributed by atoms with van der Waals surface area (Å²) in [5.41, 5.74) is 2.11. The lowest BCUT2D eigenvalue weighted by atomic mass is 9.94. The Kier molecular flexibility index (Phi) is 7.13. The molecule has 164 valence electrons. The van der Waals surface area contributed by atoms with Gasteiger partial charge in [-0.1, -0.05) is 44.2 Å². The molecule has 0 saturated carbocycles. The number of benzene rings is 2. The number of likely N-dealkylation sites (tertiary alicyclic amines) is 1. The molecule has 0 aromatic heterocycles. The molecule has 2 aromatic rings. The fraction of sp³-hybridized carbons (Fsp3) is 0.360. The van der Waals surface area contributed by atoms with E-state index in [4.69, 9.17) is 9.47 Å². The Hall–Kier alpha value is -3.12. The van der Waals surface area contributed by atoms with Gasteiger partial charge in [0.05, 0.1) is 24.8 Å². The van der Waals surface area contributed by atoms with Gasteiger partial charge < -0.3 is 19.5 Å². The molecule has 1 aliphatic rings. The number of carbonyl (C=O) groups excluding carboxylic acids is 2. The number of aliphatic hydroxyl groups is 1. The van der Waals surface area contributed by atoms with Crippen LogP contribution in [0.25, 0.3) is 5.76 Å². The van der Waals surface area contributed by atoms with Gasteiger partial charge in [-0.2, -0.15) is 0 Å². The molecule has 3 rings (SSSR count). The van der Waals surface area contributed by atoms with Crippen molar-refractivity contribution >= 4 is 17.4 Å². The molecule has 0 aliphatic carbocycles. The van der Waals surface area contributed by atoms with Crippen LogP contribution in [0.15, 0.2) is 54.1 Å². The van der Waals surface area contributed by atoms with E-state index in [1.807, 2.05) is 43.3 Å². The van der Waals surface area contributed by atoms with Crippen LogP contribution < -0.4 is 4.74 Å². The van der Waals surface area contributed by atoms with Crippen LogP contribution in [0.2, 0.25) is 0 Å². The molecule has 2 aromatic carbocycles. The maximum atomic E-state index is 13.0. The monoisotopic (exact) mass is 423 g/mol. The number of hydrogen-bond donors (Lipinski definition) is 1. The first-order valence-electron chi connectivity index (χ1n) is 10.4. The van der Waals surface area contributed by atoms with Crippen molar-refractivity contribution in [1.29, 1.82) is 0 Å². The Morgan fingerprint density at radius 1 is 1.13 bits per heavy atom. The standard InChI is InChI=1S/C25H29NO5/c1-16(2)15-31-19-10-11-20(17(3)14-19)23(27)21-22(18-8-6-5-7-9-18)26(12-13-30-4)25(29)24(21)28/h5-11,14,16,22,27H,12-13,15H2,1-4H3/t22-/m0/s1. The highest BCUT2D eigenvalue weighted by Gasteiger charge is 2.45. The SMILES string of the molecule is COCCN1C(=O)C(=O)C(=C(O)c2ccc(OCC(C)C)cc2C)[C@@H]1c1ccccc1. The molecule has 1 aliphatic heterocycles. The van der Waals surface area contributed by atoms with Crippen LogP contribution in [0.5, 0.6) is 5.75 Å². The highest BCUT2D eigenvalue weighted by molar-refractivity contribution is 6.46. The van der Waals surface area contributed by atoms with Crippen molar-refractivity contribution in [2.45, 2.75) is 26.8 Å². The maximum Gasteiger partial charge on any atom is 0.295 e. The molecule has 6 heteroatoms. The molecule has 0 spiro atoms. The smallest absolute Gasteiger partial charge is 0.295 e. The minimum Gasteiger partial charge on any atom is -0.507 e. The predicted octanol–water partition coefficient (Wildman–Crippen LogP) is 4.10. The van der Waals surface area contributed by atoms with Crippen LogP contribution in [-0.4, -0.2) is 48.6 Å². The second-order valence-electron chi connectivity index (χ2n) is 8.08. The average molecular weight is 424 g/mol. The second-order valence-corrected chi connectivity index (χ2v) is 8.08. The van der Waals surface area contributed by atoms with Gasteiger partial charge in [-0.05, 0) is 42.2 Å². The van der Waals surface area contributed by atoms with E-state index in [0.29, 0.717) is 23.8 Å². The Balaban J connectivity index is 2.06. The predicted molar refractivity (Wildman–Crippen MR) is 119 cm³/mol. The summed E-state index contributed by atoms with van der Waals surface area (Å²) in [6.07, 6.45) is 0. The van der Waals surface area contributed by atoms with Gasteiger partial charge in [0.15, 0.2) is 0 Å². The molecule has 31 heavy (non-hydrogen) atoms. The lowest BCUT2D eigenvalue weighted by molar-refractivity contribution is -0.140. The number of ether oxygens (including phenoxy) is 2. The van der Waals surface area contributed by atoms with Crippen molar-refractivity contribution in [3.8, 4) is 5.75 Å². The first kappa shape index (κ1) is 22.6. The van der Waals surface area contributed by atoms with Gasteiger partial charge in [0.1, 0.15) is 11.5 Å². The Morgan fingerprint density at radius 2 is 1.84 bits per heavy atom. The number of Topliss-reactive ketones (excluding diaryl/α,β-unsaturated/α-hetero) is 1. The van der Waals surface area contributed by atoms with Crippen molar-refractivity contribution < 1.29 is 24.2 Å². The van der Waals surface area contributed by atoms with Crippen LogP contribution in [0.4, 0.5) is 0 Å². The van der Waals surface area contributed by atoms with Gasteiger partial charge in [0, 0.05) is 19.2 Å². The Morgan fingerprint density at radius 3 is 2.45 bits per heavy atom. The molecule has 0 unspecified atom stereocenters. The van der Waals surface area contributed by atoms with E-state index in [9.17, 15) is 14.7 Å². The summed E-state index contributed by atoms with van der Waals surface area (Å²) in [5, 5.41) is 11.2. The van der Waals surface area contributed by atoms with Crippen LogP contribution in [0, 0.1) is 12.8 Å². The van der Waals surface area contributed by atoms with Crippen molar-refractivity contribution in [2.75, 3.05) is 26.9 Å². The molecule has 1 N–H and O–H groups in total. The van der Waals surface area contributed by atoms with E-state index >= 15 is 0 Å². The van der Waals surface area contributed by atoms with Crippen LogP contribution in [0.1, 0.15) is 36.6 Å². The number of nitrogens with zero attached hydrogens (tertiary/aromatic N) is 1. The van der Waals surface area contributed by atoms with E-state index in [2.05, 4.69) is 13.8 Å². The Bertz CT molecular complexity index is 981. The Labute approximate surface area is 183 Å². The molecule has 1 heterocycles. The van der Waals surface area contributed by atoms with Crippen molar-refractivity contribution in [2.24, 2.45) is 5.92 Å². The summed E-state index contributed by atoms with van der Waals surface area (Å²) >= 11 is 0. The summed E-state index contributed by atoms with van der Waals surface area (Å²) in [5.74, 6) is -0.422. The van der Waals surface area contributed by atoms with Gasteiger partial charge in [-0.3, -0.25) is 9.59 Å². The van der Waals surface area contributed by atoms with E-state index in [-0.39, 0.29) is 24.5 Å². The summed E-state index contributed by atoms with van der Waals surface area (Å²) in [6, 6.07) is 13.9. The number of aryl methyl sites for hydroxylation is 1. The number of amides is 1. The van der Waals surface area contributed by atoms with E-state index in [1.165, 1.54) is 4.90 Å². The highest BCUT2D eigenvalue weighted by atomic mass is 16.5. The van der Waals surface area contributed by atoms with Crippen LogP contribution >= 0.6 is 0 Å². The molecule has 1 saturated heterocycles. The van der Waals surface area contributed by atoms with Gasteiger partial charge in [0.25, 0.3) is 11.7 Å². The average Bonchev–Trinajstić information content (AvgIpc) is 3.01. The second kappa shape index (κ2) is 9.79. The zero-order valence-corrected chi connectivity index (χ0v) is 18.4. The number of aliphatic hydroxyl groups excluding tert-OH is 1. The topological polar surface area (TPSA) is 76.1 Å². The number of carbonyl (C=O) groups is 2. The zero-order valence-electron chi connectivity index (χ0n) is 18.4. The number of methoxy groups -OCH3 is 1. The first-order valence-corrected chi connectivity index (χ1v) is 10.4. The molecule has 1 amide bonds. The van der Waals surface area contributed by atoms with E-state index in [1.54, 1.807) is 19.2 Å². The lowest BCUT2D eigenvalue weighted by Crippen LogP contribution is -2.32. The summed E-state index contributed by atoms with van der Waals surface area (Å²) < 4.78 is 10.9. The van der Waals surface area contributed by atoms with Gasteiger partial charge in [-0.25, -0.2) is 0 Å². The van der Waals surface area contributed by atoms with Crippen molar-refractivity contribution in [3.05, 3.63) is 70.8 Å². The molecule has 0 bridgehead atoms.